The van der Waals surface area contributed by atoms with Gasteiger partial charge in [0.15, 0.2) is 0 Å². The van der Waals surface area contributed by atoms with Crippen molar-refractivity contribution in [3.8, 4) is 0 Å². The summed E-state index contributed by atoms with van der Waals surface area (Å²) in [5.41, 5.74) is 17.1. The van der Waals surface area contributed by atoms with Crippen LogP contribution in [-0.2, 0) is 27.3 Å². The van der Waals surface area contributed by atoms with E-state index in [1.807, 2.05) is 12.2 Å². The van der Waals surface area contributed by atoms with Gasteiger partial charge in [0.25, 0.3) is 0 Å². The molecule has 0 radical (unpaired) electrons. The number of nitrogens with zero attached hydrogens (tertiary/aromatic N) is 2. The zero-order valence-electron chi connectivity index (χ0n) is 52.2. The minimum atomic E-state index is 0.831. The van der Waals surface area contributed by atoms with Gasteiger partial charge in [-0.05, 0) is 61.1 Å². The number of aryl methyl sites for hydroxylation is 2. The molecule has 0 aromatic heterocycles. The summed E-state index contributed by atoms with van der Waals surface area (Å²) >= 11 is 2.05. The molecule has 1 aliphatic rings. The number of hydrogen-bond acceptors (Lipinski definition) is 0. The fraction of sp³-hybridized carbons (Fsp3) is 0.784. The smallest absolute Gasteiger partial charge is 0.493 e. The molecule has 0 aliphatic carbocycles. The number of rotatable bonds is 56. The van der Waals surface area contributed by atoms with Crippen molar-refractivity contribution >= 4 is 11.4 Å². The van der Waals surface area contributed by atoms with Crippen LogP contribution in [0.1, 0.15) is 371 Å². The van der Waals surface area contributed by atoms with Gasteiger partial charge in [0.2, 0.25) is 11.4 Å². The van der Waals surface area contributed by atoms with E-state index in [1.54, 1.807) is 0 Å². The first-order valence-corrected chi connectivity index (χ1v) is 36.1. The molecule has 2 aromatic carbocycles. The minimum Gasteiger partial charge on any atom is -0.493 e. The summed E-state index contributed by atoms with van der Waals surface area (Å²) in [6.45, 7) is 9.05. The second-order valence-corrected chi connectivity index (χ2v) is 25.5. The molecule has 2 nitrogen and oxygen atoms in total. The van der Waals surface area contributed by atoms with Crippen molar-refractivity contribution in [3.05, 3.63) is 88.5 Å². The average Bonchev–Trinajstić information content (AvgIpc) is 3.85. The third kappa shape index (κ3) is 42.5. The Morgan fingerprint density at radius 2 is 0.455 bits per heavy atom. The third-order valence-electron chi connectivity index (χ3n) is 16.6. The van der Waals surface area contributed by atoms with E-state index in [0.29, 0.717) is 0 Å². The Morgan fingerprint density at radius 1 is 0.260 bits per heavy atom. The maximum absolute atomic E-state index is 10.7. The molecule has 0 spiro atoms. The van der Waals surface area contributed by atoms with E-state index >= 15 is 0 Å². The molecule has 0 bridgehead atoms. The predicted molar refractivity (Wildman–Crippen MR) is 343 cm³/mol. The van der Waals surface area contributed by atoms with Gasteiger partial charge in [-0.15, -0.1) is 0 Å². The van der Waals surface area contributed by atoms with Crippen molar-refractivity contribution in [1.29, 1.82) is 0 Å². The minimum absolute atomic E-state index is 0.831. The summed E-state index contributed by atoms with van der Waals surface area (Å²) < 4.78 is 1.31. The summed E-state index contributed by atoms with van der Waals surface area (Å²) in [5.74, 6) is 0. The zero-order valence-corrected chi connectivity index (χ0v) is 53.2. The Hall–Kier alpha value is -1.99. The van der Waals surface area contributed by atoms with Crippen molar-refractivity contribution in [2.45, 2.75) is 372 Å². The van der Waals surface area contributed by atoms with Crippen LogP contribution in [0, 0.1) is 0 Å². The second-order valence-electron chi connectivity index (χ2n) is 24.0. The van der Waals surface area contributed by atoms with E-state index in [0.717, 1.165) is 35.4 Å². The predicted octanol–water partition coefficient (Wildman–Crippen LogP) is 26.7. The van der Waals surface area contributed by atoms with Gasteiger partial charge in [0, 0.05) is 23.3 Å². The molecule has 0 atom stereocenters. The van der Waals surface area contributed by atoms with Crippen LogP contribution in [0.2, 0.25) is 10.8 Å². The quantitative estimate of drug-likeness (QED) is 0.0358. The molecule has 3 heteroatoms. The molecule has 0 unspecified atom stereocenters. The standard InChI is InChI=1S/2C25H51.C24H28N2.Ni/c2*1-3-5-7-9-11-13-15-17-19-21-23-25-24-22-20-18-16-14-12-10-8-6-4-2;1-3-5-7-19-9-13-21(14-10-19)23-17-18-24(26(23)25)22-15-11-20(12-16-22)8-6-4-2;/h2*1,3-25H2,2H3;9-18H,3-8H2,1-2H3;. The van der Waals surface area contributed by atoms with Crippen LogP contribution in [0.3, 0.4) is 0 Å². The number of unbranched alkanes of at least 4 members (excludes halogenated alkanes) is 46. The molecule has 0 saturated heterocycles. The molecule has 3 rings (SSSR count). The first-order chi connectivity index (χ1) is 38.1. The molecule has 1 aliphatic heterocycles. The average molecular weight is 1110 g/mol. The van der Waals surface area contributed by atoms with Crippen LogP contribution in [0.25, 0.3) is 16.9 Å². The molecule has 0 N–H and O–H groups in total. The Kier molecular flexibility index (Phi) is 51.6. The van der Waals surface area contributed by atoms with Gasteiger partial charge in [0.1, 0.15) is 0 Å². The summed E-state index contributed by atoms with van der Waals surface area (Å²) in [4.78, 5) is 0. The first kappa shape index (κ1) is 71.1. The van der Waals surface area contributed by atoms with Crippen molar-refractivity contribution in [2.24, 2.45) is 0 Å². The molecular weight excluding hydrogens is 976 g/mol. The molecule has 2 aromatic rings. The van der Waals surface area contributed by atoms with E-state index in [1.165, 1.54) is 348 Å². The van der Waals surface area contributed by atoms with Crippen LogP contribution in [0.5, 0.6) is 0 Å². The van der Waals surface area contributed by atoms with Crippen LogP contribution >= 0.6 is 0 Å². The monoisotopic (exact) mass is 1100 g/mol. The van der Waals surface area contributed by atoms with Gasteiger partial charge < -0.3 is 5.53 Å². The van der Waals surface area contributed by atoms with Gasteiger partial charge in [-0.25, -0.2) is 4.70 Å². The third-order valence-corrected chi connectivity index (χ3v) is 18.0. The summed E-state index contributed by atoms with van der Waals surface area (Å²) in [5, 5.41) is 2.87. The van der Waals surface area contributed by atoms with E-state index in [9.17, 15) is 5.53 Å². The van der Waals surface area contributed by atoms with Gasteiger partial charge in [-0.3, -0.25) is 0 Å². The zero-order chi connectivity index (χ0) is 55.0. The van der Waals surface area contributed by atoms with Crippen LogP contribution < -0.4 is 0 Å². The SMILES string of the molecule is CCCCCCCCCCCCCCCCCCCCCCCC[CH2][Ni][CH2]CCCCCCCCCCCCCCCCCCCCCCCC.CCCCc1ccc(C2=CC=C(c3ccc(CCCC)cc3)[N+]2=[N-])cc1. The molecule has 1 heterocycles. The molecule has 446 valence electrons. The fourth-order valence-electron chi connectivity index (χ4n) is 11.3. The fourth-order valence-corrected chi connectivity index (χ4v) is 12.5. The molecule has 0 amide bonds. The number of allylic oxidation sites excluding steroid dienone is 2. The Bertz CT molecular complexity index is 1490. The van der Waals surface area contributed by atoms with Crippen molar-refractivity contribution in [3.63, 3.8) is 0 Å². The summed E-state index contributed by atoms with van der Waals surface area (Å²) in [6.07, 6.45) is 79.3. The molecule has 77 heavy (non-hydrogen) atoms. The Labute approximate surface area is 488 Å². The van der Waals surface area contributed by atoms with E-state index in [2.05, 4.69) is 90.7 Å². The molecular formula is C74H130N2Ni. The number of hydrogen-bond donors (Lipinski definition) is 0. The Balaban J connectivity index is 0.000000643. The van der Waals surface area contributed by atoms with E-state index in [-0.39, 0.29) is 0 Å². The van der Waals surface area contributed by atoms with Crippen molar-refractivity contribution < 1.29 is 19.1 Å². The van der Waals surface area contributed by atoms with Gasteiger partial charge in [0.05, 0.1) is 0 Å². The Morgan fingerprint density at radius 3 is 0.662 bits per heavy atom. The second kappa shape index (κ2) is 55.9. The van der Waals surface area contributed by atoms with Crippen molar-refractivity contribution in [1.82, 2.24) is 0 Å². The van der Waals surface area contributed by atoms with Gasteiger partial charge >= 0.3 is 166 Å². The molecule has 0 saturated carbocycles. The summed E-state index contributed by atoms with van der Waals surface area (Å²) in [6, 6.07) is 17.1. The van der Waals surface area contributed by atoms with Crippen molar-refractivity contribution in [2.75, 3.05) is 0 Å². The first-order valence-electron chi connectivity index (χ1n) is 34.7. The maximum atomic E-state index is 10.7. The van der Waals surface area contributed by atoms with Gasteiger partial charge in [-0.1, -0.05) is 219 Å². The van der Waals surface area contributed by atoms with Crippen LogP contribution in [0.15, 0.2) is 60.7 Å². The summed E-state index contributed by atoms with van der Waals surface area (Å²) in [7, 11) is 0. The normalized spacial score (nSPS) is 12.4. The van der Waals surface area contributed by atoms with E-state index < -0.39 is 0 Å². The van der Waals surface area contributed by atoms with Gasteiger partial charge in [-0.2, -0.15) is 0 Å². The van der Waals surface area contributed by atoms with Crippen LogP contribution in [0.4, 0.5) is 0 Å². The van der Waals surface area contributed by atoms with Crippen LogP contribution in [-0.4, -0.2) is 4.70 Å². The topological polar surface area (TPSA) is 25.3 Å². The van der Waals surface area contributed by atoms with E-state index in [4.69, 9.17) is 0 Å². The number of benzene rings is 2. The molecule has 0 fully saturated rings.